The van der Waals surface area contributed by atoms with Crippen LogP contribution in [0.5, 0.6) is 0 Å². The Morgan fingerprint density at radius 2 is 2.12 bits per heavy atom. The molecule has 6 heteroatoms. The summed E-state index contributed by atoms with van der Waals surface area (Å²) in [6.07, 6.45) is 0. The van der Waals surface area contributed by atoms with Crippen molar-refractivity contribution < 1.29 is 4.39 Å². The van der Waals surface area contributed by atoms with Crippen LogP contribution >= 0.6 is 11.6 Å². The summed E-state index contributed by atoms with van der Waals surface area (Å²) in [5, 5.41) is 7.23. The third kappa shape index (κ3) is 2.34. The monoisotopic (exact) mass is 254 g/mol. The molecule has 3 N–H and O–H groups in total. The molecule has 90 valence electrons. The van der Waals surface area contributed by atoms with Crippen molar-refractivity contribution in [3.63, 3.8) is 0 Å². The molecule has 4 nitrogen and oxygen atoms in total. The van der Waals surface area contributed by atoms with Gasteiger partial charge in [-0.05, 0) is 13.0 Å². The Morgan fingerprint density at radius 1 is 1.41 bits per heavy atom. The van der Waals surface area contributed by atoms with Crippen molar-refractivity contribution in [3.8, 4) is 0 Å². The van der Waals surface area contributed by atoms with Crippen LogP contribution in [-0.2, 0) is 7.05 Å². The molecule has 17 heavy (non-hydrogen) atoms. The van der Waals surface area contributed by atoms with Crippen LogP contribution in [0.25, 0.3) is 0 Å². The second kappa shape index (κ2) is 4.25. The Kier molecular flexibility index (Phi) is 2.93. The molecule has 2 aromatic rings. The van der Waals surface area contributed by atoms with E-state index in [9.17, 15) is 4.39 Å². The van der Waals surface area contributed by atoms with E-state index in [0.29, 0.717) is 11.5 Å². The van der Waals surface area contributed by atoms with Gasteiger partial charge < -0.3 is 11.1 Å². The molecule has 0 atom stereocenters. The Balaban J connectivity index is 2.33. The minimum absolute atomic E-state index is 0.0225. The second-order valence-corrected chi connectivity index (χ2v) is 4.18. The number of halogens is 2. The molecular formula is C11H12ClFN4. The van der Waals surface area contributed by atoms with Gasteiger partial charge in [0.25, 0.3) is 0 Å². The summed E-state index contributed by atoms with van der Waals surface area (Å²) in [6.45, 7) is 1.93. The molecule has 2 rings (SSSR count). The van der Waals surface area contributed by atoms with Gasteiger partial charge in [-0.1, -0.05) is 11.6 Å². The van der Waals surface area contributed by atoms with Gasteiger partial charge in [-0.3, -0.25) is 4.68 Å². The van der Waals surface area contributed by atoms with Crippen LogP contribution in [0.2, 0.25) is 5.02 Å². The molecule has 0 bridgehead atoms. The van der Waals surface area contributed by atoms with E-state index in [2.05, 4.69) is 10.4 Å². The van der Waals surface area contributed by atoms with E-state index in [1.165, 1.54) is 12.1 Å². The highest BCUT2D eigenvalue weighted by atomic mass is 35.5. The van der Waals surface area contributed by atoms with Gasteiger partial charge in [-0.15, -0.1) is 0 Å². The lowest BCUT2D eigenvalue weighted by molar-refractivity contribution is 0.629. The summed E-state index contributed by atoms with van der Waals surface area (Å²) >= 11 is 5.69. The molecule has 1 aromatic carbocycles. The molecule has 1 heterocycles. The first-order valence-corrected chi connectivity index (χ1v) is 5.37. The van der Waals surface area contributed by atoms with E-state index in [-0.39, 0.29) is 10.7 Å². The average molecular weight is 255 g/mol. The third-order valence-electron chi connectivity index (χ3n) is 2.47. The van der Waals surface area contributed by atoms with E-state index in [1.54, 1.807) is 4.68 Å². The first-order chi connectivity index (χ1) is 7.97. The fraction of sp³-hybridized carbons (Fsp3) is 0.182. The molecule has 0 saturated heterocycles. The number of anilines is 3. The molecule has 0 aliphatic carbocycles. The molecule has 0 saturated carbocycles. The Bertz CT molecular complexity index is 545. The van der Waals surface area contributed by atoms with Crippen LogP contribution in [0.3, 0.4) is 0 Å². The lowest BCUT2D eigenvalue weighted by atomic mass is 10.2. The fourth-order valence-electron chi connectivity index (χ4n) is 1.43. The number of hydrogen-bond acceptors (Lipinski definition) is 3. The highest BCUT2D eigenvalue weighted by molar-refractivity contribution is 6.31. The summed E-state index contributed by atoms with van der Waals surface area (Å²) in [7, 11) is 1.83. The van der Waals surface area contributed by atoms with Gasteiger partial charge in [0, 0.05) is 24.9 Å². The smallest absolute Gasteiger partial charge is 0.152 e. The maximum atomic E-state index is 13.1. The lowest BCUT2D eigenvalue weighted by Crippen LogP contribution is -1.99. The summed E-state index contributed by atoms with van der Waals surface area (Å²) in [5.41, 5.74) is 7.51. The second-order valence-electron chi connectivity index (χ2n) is 3.77. The first-order valence-electron chi connectivity index (χ1n) is 4.99. The normalized spacial score (nSPS) is 10.6. The molecular weight excluding hydrogens is 243 g/mol. The van der Waals surface area contributed by atoms with Gasteiger partial charge in [0.1, 0.15) is 5.82 Å². The summed E-state index contributed by atoms with van der Waals surface area (Å²) in [4.78, 5) is 0. The fourth-order valence-corrected chi connectivity index (χ4v) is 1.59. The van der Waals surface area contributed by atoms with Crippen LogP contribution in [0.4, 0.5) is 21.6 Å². The minimum atomic E-state index is -0.535. The van der Waals surface area contributed by atoms with Gasteiger partial charge in [-0.2, -0.15) is 5.10 Å². The molecule has 1 aromatic heterocycles. The van der Waals surface area contributed by atoms with Gasteiger partial charge in [0.05, 0.1) is 16.4 Å². The standard InChI is InChI=1S/C11H12ClFN4/c1-6-3-11(16-17(6)2)15-10-4-7(12)8(13)5-9(10)14/h3-5H,14H2,1-2H3,(H,15,16). The van der Waals surface area contributed by atoms with E-state index in [1.807, 2.05) is 20.0 Å². The van der Waals surface area contributed by atoms with Gasteiger partial charge in [0.2, 0.25) is 0 Å². The van der Waals surface area contributed by atoms with Crippen LogP contribution in [-0.4, -0.2) is 9.78 Å². The summed E-state index contributed by atoms with van der Waals surface area (Å²) in [5.74, 6) is 0.103. The molecule has 0 unspecified atom stereocenters. The number of rotatable bonds is 2. The van der Waals surface area contributed by atoms with Gasteiger partial charge >= 0.3 is 0 Å². The van der Waals surface area contributed by atoms with Crippen LogP contribution in [0, 0.1) is 12.7 Å². The molecule has 0 aliphatic heterocycles. The van der Waals surface area contributed by atoms with E-state index < -0.39 is 5.82 Å². The highest BCUT2D eigenvalue weighted by Gasteiger charge is 2.08. The molecule has 0 aliphatic rings. The summed E-state index contributed by atoms with van der Waals surface area (Å²) < 4.78 is 14.8. The lowest BCUT2D eigenvalue weighted by Gasteiger charge is -2.07. The number of nitrogen functional groups attached to an aromatic ring is 1. The quantitative estimate of drug-likeness (QED) is 0.811. The number of nitrogens with two attached hydrogens (primary N) is 1. The number of nitrogens with one attached hydrogen (secondary N) is 1. The van der Waals surface area contributed by atoms with Crippen molar-refractivity contribution in [2.45, 2.75) is 6.92 Å². The Morgan fingerprint density at radius 3 is 2.71 bits per heavy atom. The van der Waals surface area contributed by atoms with Gasteiger partial charge in [-0.25, -0.2) is 4.39 Å². The van der Waals surface area contributed by atoms with E-state index >= 15 is 0 Å². The predicted octanol–water partition coefficient (Wildman–Crippen LogP) is 2.85. The van der Waals surface area contributed by atoms with Gasteiger partial charge in [0.15, 0.2) is 5.82 Å². The molecule has 0 spiro atoms. The van der Waals surface area contributed by atoms with Crippen LogP contribution < -0.4 is 11.1 Å². The molecule has 0 amide bonds. The van der Waals surface area contributed by atoms with Crippen molar-refractivity contribution in [3.05, 3.63) is 34.7 Å². The molecule has 0 fully saturated rings. The van der Waals surface area contributed by atoms with Crippen molar-refractivity contribution in [2.24, 2.45) is 7.05 Å². The van der Waals surface area contributed by atoms with E-state index in [4.69, 9.17) is 17.3 Å². The number of hydrogen-bond donors (Lipinski definition) is 2. The van der Waals surface area contributed by atoms with E-state index in [0.717, 1.165) is 5.69 Å². The van der Waals surface area contributed by atoms with Crippen molar-refractivity contribution in [2.75, 3.05) is 11.1 Å². The van der Waals surface area contributed by atoms with Crippen molar-refractivity contribution in [1.82, 2.24) is 9.78 Å². The number of nitrogens with zero attached hydrogens (tertiary/aromatic N) is 2. The summed E-state index contributed by atoms with van der Waals surface area (Å²) in [6, 6.07) is 4.48. The zero-order valence-corrected chi connectivity index (χ0v) is 10.2. The third-order valence-corrected chi connectivity index (χ3v) is 2.76. The minimum Gasteiger partial charge on any atom is -0.397 e. The largest absolute Gasteiger partial charge is 0.397 e. The number of aromatic nitrogens is 2. The maximum Gasteiger partial charge on any atom is 0.152 e. The first kappa shape index (κ1) is 11.7. The number of benzene rings is 1. The average Bonchev–Trinajstić information content (AvgIpc) is 2.55. The van der Waals surface area contributed by atoms with Crippen LogP contribution in [0.15, 0.2) is 18.2 Å². The number of aryl methyl sites for hydroxylation is 2. The van der Waals surface area contributed by atoms with Crippen molar-refractivity contribution in [1.29, 1.82) is 0 Å². The Labute approximate surface area is 103 Å². The zero-order valence-electron chi connectivity index (χ0n) is 9.46. The zero-order chi connectivity index (χ0) is 12.6. The SMILES string of the molecule is Cc1cc(Nc2cc(Cl)c(F)cc2N)nn1C. The topological polar surface area (TPSA) is 55.9 Å². The maximum absolute atomic E-state index is 13.1. The predicted molar refractivity (Wildman–Crippen MR) is 67.1 cm³/mol. The van der Waals surface area contributed by atoms with Crippen molar-refractivity contribution >= 4 is 28.8 Å². The van der Waals surface area contributed by atoms with Crippen LogP contribution in [0.1, 0.15) is 5.69 Å². The Hall–Kier alpha value is -1.75. The molecule has 0 radical (unpaired) electrons. The highest BCUT2D eigenvalue weighted by Crippen LogP contribution is 2.28.